The first-order valence-corrected chi connectivity index (χ1v) is 8.68. The Bertz CT molecular complexity index is 976. The summed E-state index contributed by atoms with van der Waals surface area (Å²) in [6.07, 6.45) is 1.75. The SMILES string of the molecule is Cc1ccc2c(CC(=O)OCc3cc(Cl)c4c(c3)OCCO4)coc2c1. The van der Waals surface area contributed by atoms with E-state index < -0.39 is 0 Å². The highest BCUT2D eigenvalue weighted by Crippen LogP contribution is 2.38. The van der Waals surface area contributed by atoms with Crippen molar-refractivity contribution < 1.29 is 23.4 Å². The number of halogens is 1. The van der Waals surface area contributed by atoms with Gasteiger partial charge in [-0.2, -0.15) is 0 Å². The van der Waals surface area contributed by atoms with Gasteiger partial charge in [-0.15, -0.1) is 0 Å². The van der Waals surface area contributed by atoms with E-state index in [-0.39, 0.29) is 19.0 Å². The van der Waals surface area contributed by atoms with Crippen LogP contribution < -0.4 is 9.47 Å². The van der Waals surface area contributed by atoms with E-state index in [9.17, 15) is 4.79 Å². The van der Waals surface area contributed by atoms with Crippen LogP contribution in [0.3, 0.4) is 0 Å². The Hall–Kier alpha value is -2.66. The molecule has 0 spiro atoms. The molecule has 3 aromatic rings. The molecule has 26 heavy (non-hydrogen) atoms. The van der Waals surface area contributed by atoms with E-state index >= 15 is 0 Å². The molecule has 0 atom stereocenters. The van der Waals surface area contributed by atoms with E-state index in [1.807, 2.05) is 25.1 Å². The second-order valence-electron chi connectivity index (χ2n) is 6.20. The van der Waals surface area contributed by atoms with Gasteiger partial charge >= 0.3 is 5.97 Å². The third-order valence-corrected chi connectivity index (χ3v) is 4.48. The predicted octanol–water partition coefficient (Wildman–Crippen LogP) is 4.45. The van der Waals surface area contributed by atoms with Gasteiger partial charge in [-0.05, 0) is 36.2 Å². The maximum absolute atomic E-state index is 12.2. The molecule has 0 radical (unpaired) electrons. The number of esters is 1. The van der Waals surface area contributed by atoms with E-state index in [1.165, 1.54) is 0 Å². The third kappa shape index (κ3) is 3.35. The fourth-order valence-corrected chi connectivity index (χ4v) is 3.23. The zero-order chi connectivity index (χ0) is 18.1. The molecule has 2 aromatic carbocycles. The zero-order valence-corrected chi connectivity index (χ0v) is 15.0. The molecule has 6 heteroatoms. The number of ether oxygens (including phenoxy) is 3. The summed E-state index contributed by atoms with van der Waals surface area (Å²) < 4.78 is 21.9. The number of aryl methyl sites for hydroxylation is 1. The van der Waals surface area contributed by atoms with Crippen molar-refractivity contribution in [3.8, 4) is 11.5 Å². The smallest absolute Gasteiger partial charge is 0.310 e. The number of fused-ring (bicyclic) bond motifs is 2. The minimum absolute atomic E-state index is 0.115. The van der Waals surface area contributed by atoms with Crippen LogP contribution in [0.4, 0.5) is 0 Å². The van der Waals surface area contributed by atoms with Gasteiger partial charge in [-0.3, -0.25) is 4.79 Å². The molecule has 4 rings (SSSR count). The fourth-order valence-electron chi connectivity index (χ4n) is 2.95. The van der Waals surface area contributed by atoms with Gasteiger partial charge in [-0.25, -0.2) is 0 Å². The van der Waals surface area contributed by atoms with Crippen molar-refractivity contribution in [1.82, 2.24) is 0 Å². The highest BCUT2D eigenvalue weighted by Gasteiger charge is 2.18. The summed E-state index contributed by atoms with van der Waals surface area (Å²) in [5.74, 6) is 0.776. The molecule has 1 aliphatic heterocycles. The van der Waals surface area contributed by atoms with Crippen LogP contribution in [0, 0.1) is 6.92 Å². The quantitative estimate of drug-likeness (QED) is 0.633. The van der Waals surface area contributed by atoms with E-state index in [4.69, 9.17) is 30.2 Å². The van der Waals surface area contributed by atoms with Gasteiger partial charge in [-0.1, -0.05) is 23.7 Å². The Labute approximate surface area is 155 Å². The Morgan fingerprint density at radius 1 is 1.19 bits per heavy atom. The topological polar surface area (TPSA) is 57.9 Å². The summed E-state index contributed by atoms with van der Waals surface area (Å²) in [5.41, 5.74) is 3.44. The van der Waals surface area contributed by atoms with Crippen molar-refractivity contribution in [2.45, 2.75) is 20.0 Å². The lowest BCUT2D eigenvalue weighted by Gasteiger charge is -2.20. The van der Waals surface area contributed by atoms with Crippen molar-refractivity contribution >= 4 is 28.5 Å². The fraction of sp³-hybridized carbons (Fsp3) is 0.250. The van der Waals surface area contributed by atoms with Crippen LogP contribution >= 0.6 is 11.6 Å². The molecule has 0 amide bonds. The van der Waals surface area contributed by atoms with Crippen LogP contribution in [0.25, 0.3) is 11.0 Å². The van der Waals surface area contributed by atoms with Gasteiger partial charge in [0.15, 0.2) is 11.5 Å². The van der Waals surface area contributed by atoms with Crippen LogP contribution in [-0.4, -0.2) is 19.2 Å². The maximum atomic E-state index is 12.2. The molecule has 1 aliphatic rings. The zero-order valence-electron chi connectivity index (χ0n) is 14.2. The van der Waals surface area contributed by atoms with Gasteiger partial charge in [0.25, 0.3) is 0 Å². The molecule has 0 unspecified atom stereocenters. The first-order valence-electron chi connectivity index (χ1n) is 8.30. The molecule has 0 aliphatic carbocycles. The minimum Gasteiger partial charge on any atom is -0.486 e. The molecule has 0 N–H and O–H groups in total. The normalized spacial score (nSPS) is 13.0. The average molecular weight is 373 g/mol. The number of carbonyl (C=O) groups excluding carboxylic acids is 1. The van der Waals surface area contributed by atoms with Crippen LogP contribution in [0.2, 0.25) is 5.02 Å². The second-order valence-corrected chi connectivity index (χ2v) is 6.61. The van der Waals surface area contributed by atoms with Gasteiger partial charge in [0, 0.05) is 10.9 Å². The Kier molecular flexibility index (Phi) is 4.47. The molecule has 0 bridgehead atoms. The molecule has 5 nitrogen and oxygen atoms in total. The van der Waals surface area contributed by atoms with Crippen molar-refractivity contribution in [1.29, 1.82) is 0 Å². The molecule has 0 saturated carbocycles. The molecular weight excluding hydrogens is 356 g/mol. The summed E-state index contributed by atoms with van der Waals surface area (Å²) in [6, 6.07) is 9.39. The van der Waals surface area contributed by atoms with Gasteiger partial charge in [0.2, 0.25) is 0 Å². The summed E-state index contributed by atoms with van der Waals surface area (Å²) in [7, 11) is 0. The molecule has 1 aromatic heterocycles. The minimum atomic E-state index is -0.334. The Morgan fingerprint density at radius 3 is 2.92 bits per heavy atom. The second kappa shape index (κ2) is 6.92. The van der Waals surface area contributed by atoms with Gasteiger partial charge in [0.1, 0.15) is 25.4 Å². The number of hydrogen-bond acceptors (Lipinski definition) is 5. The largest absolute Gasteiger partial charge is 0.486 e. The van der Waals surface area contributed by atoms with Crippen LogP contribution in [0.15, 0.2) is 41.0 Å². The summed E-state index contributed by atoms with van der Waals surface area (Å²) in [6.45, 7) is 3.05. The summed E-state index contributed by atoms with van der Waals surface area (Å²) >= 11 is 6.20. The standard InChI is InChI=1S/C20H17ClO5/c1-12-2-3-15-14(11-25-17(15)6-12)9-19(22)26-10-13-7-16(21)20-18(8-13)23-4-5-24-20/h2-3,6-8,11H,4-5,9-10H2,1H3. The number of furan rings is 1. The number of hydrogen-bond donors (Lipinski definition) is 0. The number of carbonyl (C=O) groups is 1. The number of rotatable bonds is 4. The molecular formula is C20H17ClO5. The highest BCUT2D eigenvalue weighted by molar-refractivity contribution is 6.32. The monoisotopic (exact) mass is 372 g/mol. The van der Waals surface area contributed by atoms with E-state index in [0.29, 0.717) is 29.7 Å². The van der Waals surface area contributed by atoms with E-state index in [0.717, 1.165) is 27.7 Å². The van der Waals surface area contributed by atoms with Crippen molar-refractivity contribution in [3.05, 3.63) is 58.3 Å². The van der Waals surface area contributed by atoms with Crippen molar-refractivity contribution in [2.75, 3.05) is 13.2 Å². The highest BCUT2D eigenvalue weighted by atomic mass is 35.5. The first kappa shape index (κ1) is 16.8. The lowest BCUT2D eigenvalue weighted by atomic mass is 10.1. The lowest BCUT2D eigenvalue weighted by molar-refractivity contribution is -0.144. The predicted molar refractivity (Wildman–Crippen MR) is 96.9 cm³/mol. The third-order valence-electron chi connectivity index (χ3n) is 4.20. The molecule has 0 fully saturated rings. The summed E-state index contributed by atoms with van der Waals surface area (Å²) in [4.78, 5) is 12.2. The van der Waals surface area contributed by atoms with Crippen LogP contribution in [-0.2, 0) is 22.6 Å². The van der Waals surface area contributed by atoms with E-state index in [2.05, 4.69) is 0 Å². The van der Waals surface area contributed by atoms with Crippen LogP contribution in [0.5, 0.6) is 11.5 Å². The molecule has 0 saturated heterocycles. The van der Waals surface area contributed by atoms with E-state index in [1.54, 1.807) is 18.4 Å². The first-order chi connectivity index (χ1) is 12.6. The maximum Gasteiger partial charge on any atom is 0.310 e. The summed E-state index contributed by atoms with van der Waals surface area (Å²) in [5, 5.41) is 1.37. The lowest BCUT2D eigenvalue weighted by Crippen LogP contribution is -2.16. The number of benzene rings is 2. The van der Waals surface area contributed by atoms with Gasteiger partial charge in [0.05, 0.1) is 17.7 Å². The average Bonchev–Trinajstić information content (AvgIpc) is 3.02. The van der Waals surface area contributed by atoms with Crippen LogP contribution in [0.1, 0.15) is 16.7 Å². The Morgan fingerprint density at radius 2 is 2.04 bits per heavy atom. The van der Waals surface area contributed by atoms with Crippen molar-refractivity contribution in [2.24, 2.45) is 0 Å². The van der Waals surface area contributed by atoms with Crippen molar-refractivity contribution in [3.63, 3.8) is 0 Å². The molecule has 134 valence electrons. The molecule has 2 heterocycles. The Balaban J connectivity index is 1.43. The van der Waals surface area contributed by atoms with Gasteiger partial charge < -0.3 is 18.6 Å².